The monoisotopic (exact) mass is 283 g/mol. The molecule has 0 spiro atoms. The Morgan fingerprint density at radius 3 is 2.88 bits per heavy atom. The van der Waals surface area contributed by atoms with Crippen LogP contribution in [0.1, 0.15) is 10.5 Å². The average Bonchev–Trinajstić information content (AvgIpc) is 2.27. The summed E-state index contributed by atoms with van der Waals surface area (Å²) in [5.41, 5.74) is 0.252. The number of methoxy groups -OCH3 is 1. The van der Waals surface area contributed by atoms with Gasteiger partial charge in [0.05, 0.1) is 7.11 Å². The zero-order valence-corrected chi connectivity index (χ0v) is 9.92. The Morgan fingerprint density at radius 2 is 2.19 bits per heavy atom. The molecule has 16 heavy (non-hydrogen) atoms. The number of pyridine rings is 1. The Bertz CT molecular complexity index is 571. The molecule has 0 bridgehead atoms. The molecule has 0 saturated carbocycles. The first kappa shape index (κ1) is 11.0. The number of hydrogen-bond donors (Lipinski definition) is 0. The third kappa shape index (κ3) is 1.90. The first-order valence-electron chi connectivity index (χ1n) is 4.46. The fourth-order valence-electron chi connectivity index (χ4n) is 1.38. The van der Waals surface area contributed by atoms with Crippen molar-refractivity contribution in [2.75, 3.05) is 7.11 Å². The Labute approximate surface area is 99.4 Å². The lowest BCUT2D eigenvalue weighted by Gasteiger charge is -2.02. The van der Waals surface area contributed by atoms with Gasteiger partial charge in [0, 0.05) is 9.86 Å². The number of carbonyl (C=O) groups is 1. The highest BCUT2D eigenvalue weighted by molar-refractivity contribution is 9.10. The van der Waals surface area contributed by atoms with E-state index in [1.807, 2.05) is 0 Å². The predicted molar refractivity (Wildman–Crippen MR) is 60.7 cm³/mol. The average molecular weight is 284 g/mol. The number of fused-ring (bicyclic) bond motifs is 1. The SMILES string of the molecule is COC(=O)c1ccc2cc(Br)cc(F)c2n1. The van der Waals surface area contributed by atoms with Crippen molar-refractivity contribution in [3.63, 3.8) is 0 Å². The van der Waals surface area contributed by atoms with Gasteiger partial charge in [-0.05, 0) is 18.2 Å². The highest BCUT2D eigenvalue weighted by Crippen LogP contribution is 2.22. The van der Waals surface area contributed by atoms with Crippen LogP contribution in [0, 0.1) is 5.82 Å². The molecule has 0 radical (unpaired) electrons. The maximum atomic E-state index is 13.5. The maximum absolute atomic E-state index is 13.5. The lowest BCUT2D eigenvalue weighted by molar-refractivity contribution is 0.0594. The van der Waals surface area contributed by atoms with Gasteiger partial charge in [-0.2, -0.15) is 0 Å². The molecule has 0 atom stereocenters. The van der Waals surface area contributed by atoms with Crippen molar-refractivity contribution in [3.8, 4) is 0 Å². The third-order valence-electron chi connectivity index (χ3n) is 2.11. The van der Waals surface area contributed by atoms with Crippen LogP contribution in [0.3, 0.4) is 0 Å². The van der Waals surface area contributed by atoms with Crippen LogP contribution in [0.5, 0.6) is 0 Å². The largest absolute Gasteiger partial charge is 0.464 e. The molecular formula is C11H7BrFNO2. The van der Waals surface area contributed by atoms with Crippen molar-refractivity contribution in [2.45, 2.75) is 0 Å². The number of carbonyl (C=O) groups excluding carboxylic acids is 1. The lowest BCUT2D eigenvalue weighted by atomic mass is 10.2. The van der Waals surface area contributed by atoms with E-state index in [2.05, 4.69) is 25.7 Å². The molecule has 0 unspecified atom stereocenters. The van der Waals surface area contributed by atoms with Gasteiger partial charge in [-0.1, -0.05) is 22.0 Å². The van der Waals surface area contributed by atoms with Gasteiger partial charge in [0.25, 0.3) is 0 Å². The number of ether oxygens (including phenoxy) is 1. The Morgan fingerprint density at radius 1 is 1.44 bits per heavy atom. The van der Waals surface area contributed by atoms with Crippen molar-refractivity contribution < 1.29 is 13.9 Å². The number of benzene rings is 1. The van der Waals surface area contributed by atoms with Crippen molar-refractivity contribution in [1.29, 1.82) is 0 Å². The van der Waals surface area contributed by atoms with Gasteiger partial charge in [0.15, 0.2) is 5.82 Å². The number of nitrogens with zero attached hydrogens (tertiary/aromatic N) is 1. The molecule has 82 valence electrons. The zero-order valence-electron chi connectivity index (χ0n) is 8.33. The van der Waals surface area contributed by atoms with Gasteiger partial charge in [0.1, 0.15) is 11.2 Å². The fourth-order valence-corrected chi connectivity index (χ4v) is 1.82. The number of halogens is 2. The van der Waals surface area contributed by atoms with Crippen LogP contribution < -0.4 is 0 Å². The van der Waals surface area contributed by atoms with Gasteiger partial charge in [0.2, 0.25) is 0 Å². The van der Waals surface area contributed by atoms with E-state index in [1.165, 1.54) is 19.2 Å². The highest BCUT2D eigenvalue weighted by atomic mass is 79.9. The summed E-state index contributed by atoms with van der Waals surface area (Å²) >= 11 is 3.18. The number of aromatic nitrogens is 1. The van der Waals surface area contributed by atoms with Gasteiger partial charge in [-0.3, -0.25) is 0 Å². The van der Waals surface area contributed by atoms with Crippen LogP contribution in [0.25, 0.3) is 10.9 Å². The minimum absolute atomic E-state index is 0.0937. The van der Waals surface area contributed by atoms with Crippen molar-refractivity contribution in [3.05, 3.63) is 40.2 Å². The fraction of sp³-hybridized carbons (Fsp3) is 0.0909. The molecule has 1 aromatic heterocycles. The first-order valence-corrected chi connectivity index (χ1v) is 5.25. The predicted octanol–water partition coefficient (Wildman–Crippen LogP) is 2.92. The van der Waals surface area contributed by atoms with Crippen molar-refractivity contribution >= 4 is 32.8 Å². The van der Waals surface area contributed by atoms with Gasteiger partial charge >= 0.3 is 5.97 Å². The summed E-state index contributed by atoms with van der Waals surface area (Å²) in [7, 11) is 1.26. The van der Waals surface area contributed by atoms with Crippen molar-refractivity contribution in [2.24, 2.45) is 0 Å². The highest BCUT2D eigenvalue weighted by Gasteiger charge is 2.10. The molecule has 0 aliphatic rings. The van der Waals surface area contributed by atoms with E-state index in [1.54, 1.807) is 12.1 Å². The molecule has 0 N–H and O–H groups in total. The third-order valence-corrected chi connectivity index (χ3v) is 2.56. The van der Waals surface area contributed by atoms with E-state index < -0.39 is 11.8 Å². The summed E-state index contributed by atoms with van der Waals surface area (Å²) in [5, 5.41) is 0.625. The summed E-state index contributed by atoms with van der Waals surface area (Å²) in [5.74, 6) is -1.06. The van der Waals surface area contributed by atoms with Crippen LogP contribution in [-0.4, -0.2) is 18.1 Å². The Hall–Kier alpha value is -1.49. The molecule has 1 aromatic carbocycles. The topological polar surface area (TPSA) is 39.2 Å². The molecule has 0 aliphatic heterocycles. The van der Waals surface area contributed by atoms with Crippen LogP contribution in [0.4, 0.5) is 4.39 Å². The van der Waals surface area contributed by atoms with Gasteiger partial charge < -0.3 is 4.74 Å². The molecule has 5 heteroatoms. The van der Waals surface area contributed by atoms with E-state index in [4.69, 9.17) is 0 Å². The van der Waals surface area contributed by atoms with Crippen LogP contribution in [-0.2, 0) is 4.74 Å². The molecule has 0 fully saturated rings. The van der Waals surface area contributed by atoms with E-state index >= 15 is 0 Å². The van der Waals surface area contributed by atoms with E-state index in [0.717, 1.165) is 0 Å². The maximum Gasteiger partial charge on any atom is 0.356 e. The van der Waals surface area contributed by atoms with Crippen LogP contribution >= 0.6 is 15.9 Å². The molecule has 1 heterocycles. The Balaban J connectivity index is 2.66. The summed E-state index contributed by atoms with van der Waals surface area (Å²) in [4.78, 5) is 15.1. The standard InChI is InChI=1S/C11H7BrFNO2/c1-16-11(15)9-3-2-6-4-7(12)5-8(13)10(6)14-9/h2-5H,1H3. The molecule has 2 aromatic rings. The van der Waals surface area contributed by atoms with Crippen LogP contribution in [0.15, 0.2) is 28.7 Å². The number of hydrogen-bond acceptors (Lipinski definition) is 3. The van der Waals surface area contributed by atoms with Crippen LogP contribution in [0.2, 0.25) is 0 Å². The quantitative estimate of drug-likeness (QED) is 0.756. The summed E-state index contributed by atoms with van der Waals surface area (Å²) in [6, 6.07) is 6.16. The minimum atomic E-state index is -0.579. The number of esters is 1. The van der Waals surface area contributed by atoms with E-state index in [-0.39, 0.29) is 11.2 Å². The van der Waals surface area contributed by atoms with E-state index in [0.29, 0.717) is 9.86 Å². The van der Waals surface area contributed by atoms with E-state index in [9.17, 15) is 9.18 Å². The summed E-state index contributed by atoms with van der Waals surface area (Å²) in [6.07, 6.45) is 0. The van der Waals surface area contributed by atoms with Gasteiger partial charge in [-0.25, -0.2) is 14.2 Å². The summed E-state index contributed by atoms with van der Waals surface area (Å²) in [6.45, 7) is 0. The zero-order chi connectivity index (χ0) is 11.7. The molecule has 2 rings (SSSR count). The second-order valence-corrected chi connectivity index (χ2v) is 4.06. The van der Waals surface area contributed by atoms with Crippen molar-refractivity contribution in [1.82, 2.24) is 4.98 Å². The Kier molecular flexibility index (Phi) is 2.87. The smallest absolute Gasteiger partial charge is 0.356 e. The van der Waals surface area contributed by atoms with Gasteiger partial charge in [-0.15, -0.1) is 0 Å². The molecule has 3 nitrogen and oxygen atoms in total. The summed E-state index contributed by atoms with van der Waals surface area (Å²) < 4.78 is 18.7. The minimum Gasteiger partial charge on any atom is -0.464 e. The molecular weight excluding hydrogens is 277 g/mol. The lowest BCUT2D eigenvalue weighted by Crippen LogP contribution is -2.04. The normalized spacial score (nSPS) is 10.4. The molecule has 0 aliphatic carbocycles. The second-order valence-electron chi connectivity index (χ2n) is 3.15. The second kappa shape index (κ2) is 4.17. The molecule has 0 amide bonds. The number of rotatable bonds is 1. The molecule has 0 saturated heterocycles. The first-order chi connectivity index (χ1) is 7.61.